The maximum Gasteiger partial charge on any atom is 0.0385 e. The Morgan fingerprint density at radius 1 is 1.32 bits per heavy atom. The van der Waals surface area contributed by atoms with E-state index in [1.807, 2.05) is 0 Å². The Kier molecular flexibility index (Phi) is 3.61. The lowest BCUT2D eigenvalue weighted by atomic mass is 9.77. The first-order chi connectivity index (χ1) is 9.24. The summed E-state index contributed by atoms with van der Waals surface area (Å²) in [5.74, 6) is 0.750. The molecule has 0 spiro atoms. The molecule has 2 heterocycles. The first kappa shape index (κ1) is 13.1. The van der Waals surface area contributed by atoms with Gasteiger partial charge in [-0.05, 0) is 44.5 Å². The van der Waals surface area contributed by atoms with E-state index in [9.17, 15) is 0 Å². The van der Waals surface area contributed by atoms with Crippen molar-refractivity contribution in [2.75, 3.05) is 33.2 Å². The van der Waals surface area contributed by atoms with Crippen LogP contribution in [-0.2, 0) is 6.54 Å². The highest BCUT2D eigenvalue weighted by atomic mass is 15.3. The molecule has 19 heavy (non-hydrogen) atoms. The van der Waals surface area contributed by atoms with Gasteiger partial charge in [-0.3, -0.25) is 4.90 Å². The van der Waals surface area contributed by atoms with Crippen LogP contribution in [0.2, 0.25) is 0 Å². The highest BCUT2D eigenvalue weighted by Gasteiger charge is 2.47. The number of fused-ring (bicyclic) bond motifs is 2. The third kappa shape index (κ3) is 2.31. The molecule has 3 rings (SSSR count). The smallest absolute Gasteiger partial charge is 0.0385 e. The fourth-order valence-corrected chi connectivity index (χ4v) is 3.97. The van der Waals surface area contributed by atoms with Crippen LogP contribution in [0.1, 0.15) is 18.4 Å². The molecule has 2 aliphatic heterocycles. The van der Waals surface area contributed by atoms with Gasteiger partial charge < -0.3 is 10.6 Å². The molecule has 3 nitrogen and oxygen atoms in total. The predicted octanol–water partition coefficient (Wildman–Crippen LogP) is 1.54. The van der Waals surface area contributed by atoms with E-state index in [1.165, 1.54) is 38.0 Å². The minimum absolute atomic E-state index is 0.211. The molecule has 2 fully saturated rings. The Morgan fingerprint density at radius 2 is 2.11 bits per heavy atom. The van der Waals surface area contributed by atoms with Crippen LogP contribution in [0.3, 0.4) is 0 Å². The van der Waals surface area contributed by atoms with Gasteiger partial charge in [-0.15, -0.1) is 0 Å². The molecule has 2 N–H and O–H groups in total. The number of rotatable bonds is 4. The van der Waals surface area contributed by atoms with Gasteiger partial charge in [0.15, 0.2) is 0 Å². The van der Waals surface area contributed by atoms with E-state index in [4.69, 9.17) is 5.73 Å². The summed E-state index contributed by atoms with van der Waals surface area (Å²) in [5.41, 5.74) is 7.82. The molecular weight excluding hydrogens is 234 g/mol. The topological polar surface area (TPSA) is 32.5 Å². The largest absolute Gasteiger partial charge is 0.329 e. The predicted molar refractivity (Wildman–Crippen MR) is 78.9 cm³/mol. The molecule has 1 aromatic carbocycles. The molecule has 0 radical (unpaired) electrons. The van der Waals surface area contributed by atoms with E-state index in [2.05, 4.69) is 47.2 Å². The summed E-state index contributed by atoms with van der Waals surface area (Å²) in [6.07, 6.45) is 2.54. The molecular formula is C16H25N3. The lowest BCUT2D eigenvalue weighted by Crippen LogP contribution is -2.60. The minimum Gasteiger partial charge on any atom is -0.329 e. The summed E-state index contributed by atoms with van der Waals surface area (Å²) < 4.78 is 0. The third-order valence-electron chi connectivity index (χ3n) is 5.27. The van der Waals surface area contributed by atoms with Crippen molar-refractivity contribution in [1.82, 2.24) is 9.80 Å². The molecule has 1 aromatic rings. The highest BCUT2D eigenvalue weighted by Crippen LogP contribution is 2.39. The summed E-state index contributed by atoms with van der Waals surface area (Å²) >= 11 is 0. The average molecular weight is 259 g/mol. The van der Waals surface area contributed by atoms with Crippen LogP contribution in [0.5, 0.6) is 0 Å². The summed E-state index contributed by atoms with van der Waals surface area (Å²) in [5, 5.41) is 0. The van der Waals surface area contributed by atoms with E-state index in [0.717, 1.165) is 19.0 Å². The maximum absolute atomic E-state index is 6.22. The van der Waals surface area contributed by atoms with Gasteiger partial charge in [0.05, 0.1) is 0 Å². The van der Waals surface area contributed by atoms with Crippen molar-refractivity contribution in [3.63, 3.8) is 0 Å². The molecule has 3 unspecified atom stereocenters. The first-order valence-corrected chi connectivity index (χ1v) is 7.42. The van der Waals surface area contributed by atoms with Crippen LogP contribution < -0.4 is 5.73 Å². The Hall–Kier alpha value is -0.900. The molecule has 3 atom stereocenters. The fourth-order valence-electron chi connectivity index (χ4n) is 3.97. The van der Waals surface area contributed by atoms with Crippen LogP contribution in [0.15, 0.2) is 30.3 Å². The van der Waals surface area contributed by atoms with Gasteiger partial charge in [-0.1, -0.05) is 30.3 Å². The SMILES string of the molecule is CN(Cc1ccccc1)C1(CN)CCN2CCC1C2. The third-order valence-corrected chi connectivity index (χ3v) is 5.27. The average Bonchev–Trinajstić information content (AvgIpc) is 2.84. The van der Waals surface area contributed by atoms with Crippen LogP contribution in [-0.4, -0.2) is 48.6 Å². The lowest BCUT2D eigenvalue weighted by molar-refractivity contribution is 0.0212. The number of benzene rings is 1. The quantitative estimate of drug-likeness (QED) is 0.890. The number of nitrogens with zero attached hydrogens (tertiary/aromatic N) is 2. The zero-order chi connectivity index (χ0) is 13.3. The zero-order valence-electron chi connectivity index (χ0n) is 11.9. The molecule has 2 saturated heterocycles. The number of likely N-dealkylation sites (N-methyl/N-ethyl adjacent to an activating group) is 1. The molecule has 0 amide bonds. The summed E-state index contributed by atoms with van der Waals surface area (Å²) in [6.45, 7) is 5.53. The summed E-state index contributed by atoms with van der Waals surface area (Å²) in [4.78, 5) is 5.12. The number of piperidine rings is 1. The van der Waals surface area contributed by atoms with E-state index >= 15 is 0 Å². The van der Waals surface area contributed by atoms with E-state index in [1.54, 1.807) is 0 Å². The van der Waals surface area contributed by atoms with Gasteiger partial charge in [-0.25, -0.2) is 0 Å². The van der Waals surface area contributed by atoms with Gasteiger partial charge in [0.2, 0.25) is 0 Å². The van der Waals surface area contributed by atoms with Crippen LogP contribution >= 0.6 is 0 Å². The molecule has 0 saturated carbocycles. The zero-order valence-corrected chi connectivity index (χ0v) is 11.9. The van der Waals surface area contributed by atoms with Crippen LogP contribution in [0.25, 0.3) is 0 Å². The number of nitrogens with two attached hydrogens (primary N) is 1. The van der Waals surface area contributed by atoms with Crippen molar-refractivity contribution in [2.45, 2.75) is 24.9 Å². The maximum atomic E-state index is 6.22. The fraction of sp³-hybridized carbons (Fsp3) is 0.625. The Morgan fingerprint density at radius 3 is 2.84 bits per heavy atom. The molecule has 2 aliphatic rings. The van der Waals surface area contributed by atoms with Gasteiger partial charge in [0.1, 0.15) is 0 Å². The second-order valence-corrected chi connectivity index (χ2v) is 6.19. The standard InChI is InChI=1S/C16H25N3/c1-18(11-14-5-3-2-4-6-14)16(13-17)8-10-19-9-7-15(16)12-19/h2-6,15H,7-13,17H2,1H3. The van der Waals surface area contributed by atoms with Gasteiger partial charge in [0.25, 0.3) is 0 Å². The van der Waals surface area contributed by atoms with Crippen molar-refractivity contribution in [2.24, 2.45) is 11.7 Å². The van der Waals surface area contributed by atoms with Crippen molar-refractivity contribution in [3.8, 4) is 0 Å². The van der Waals surface area contributed by atoms with Gasteiger partial charge >= 0.3 is 0 Å². The normalized spacial score (nSPS) is 33.8. The van der Waals surface area contributed by atoms with E-state index in [0.29, 0.717) is 0 Å². The van der Waals surface area contributed by atoms with Crippen LogP contribution in [0.4, 0.5) is 0 Å². The molecule has 0 aliphatic carbocycles. The van der Waals surface area contributed by atoms with Crippen molar-refractivity contribution in [1.29, 1.82) is 0 Å². The summed E-state index contributed by atoms with van der Waals surface area (Å²) in [6, 6.07) is 10.7. The van der Waals surface area contributed by atoms with Gasteiger partial charge in [-0.2, -0.15) is 0 Å². The van der Waals surface area contributed by atoms with E-state index < -0.39 is 0 Å². The monoisotopic (exact) mass is 259 g/mol. The van der Waals surface area contributed by atoms with Crippen LogP contribution in [0, 0.1) is 5.92 Å². The lowest BCUT2D eigenvalue weighted by Gasteiger charge is -2.48. The molecule has 0 aromatic heterocycles. The second kappa shape index (κ2) is 5.23. The summed E-state index contributed by atoms with van der Waals surface area (Å²) in [7, 11) is 2.26. The van der Waals surface area contributed by atoms with Crippen molar-refractivity contribution >= 4 is 0 Å². The van der Waals surface area contributed by atoms with E-state index in [-0.39, 0.29) is 5.54 Å². The Balaban J connectivity index is 1.77. The number of hydrogen-bond donors (Lipinski definition) is 1. The molecule has 2 bridgehead atoms. The Bertz CT molecular complexity index is 419. The van der Waals surface area contributed by atoms with Crippen molar-refractivity contribution < 1.29 is 0 Å². The second-order valence-electron chi connectivity index (χ2n) is 6.19. The van der Waals surface area contributed by atoms with Gasteiger partial charge in [0, 0.05) is 25.2 Å². The van der Waals surface area contributed by atoms with Crippen molar-refractivity contribution in [3.05, 3.63) is 35.9 Å². The minimum atomic E-state index is 0.211. The molecule has 3 heteroatoms. The highest BCUT2D eigenvalue weighted by molar-refractivity contribution is 5.16. The first-order valence-electron chi connectivity index (χ1n) is 7.42. The Labute approximate surface area is 116 Å². The molecule has 104 valence electrons. The number of hydrogen-bond acceptors (Lipinski definition) is 3.